The topological polar surface area (TPSA) is 118 Å². The number of aromatic nitrogens is 3. The first-order valence-corrected chi connectivity index (χ1v) is 14.5. The predicted octanol–water partition coefficient (Wildman–Crippen LogP) is 8.77. The van der Waals surface area contributed by atoms with Crippen molar-refractivity contribution in [1.29, 1.82) is 0 Å². The highest BCUT2D eigenvalue weighted by Crippen LogP contribution is 2.30. The molecule has 51 heavy (non-hydrogen) atoms. The minimum absolute atomic E-state index is 0.0353. The number of halogens is 9. The SMILES string of the molecule is O=CO/C(=C/c1ccnc(-c2cc(/C=C(\CCC(F)(F)F)OC=O)cc(-c3cc(/C=C(\CCC(F)(F)F)OC=O)ccn3)n2)c1)CCC(F)(F)F. The van der Waals surface area contributed by atoms with Crippen LogP contribution in [-0.2, 0) is 28.6 Å². The van der Waals surface area contributed by atoms with Crippen LogP contribution in [0.3, 0.4) is 0 Å². The molecule has 0 aliphatic rings. The first-order valence-electron chi connectivity index (χ1n) is 14.5. The fourth-order valence-corrected chi connectivity index (χ4v) is 4.28. The van der Waals surface area contributed by atoms with Gasteiger partial charge in [-0.05, 0) is 71.3 Å². The summed E-state index contributed by atoms with van der Waals surface area (Å²) in [5.41, 5.74) is 0.835. The molecule has 0 atom stereocenters. The van der Waals surface area contributed by atoms with Crippen LogP contribution < -0.4 is 0 Å². The Kier molecular flexibility index (Phi) is 14.0. The summed E-state index contributed by atoms with van der Waals surface area (Å²) in [6.45, 7) is -0.131. The molecular formula is C33H26F9N3O6. The number of allylic oxidation sites excluding steroid dienone is 3. The van der Waals surface area contributed by atoms with Gasteiger partial charge in [0.1, 0.15) is 17.3 Å². The van der Waals surface area contributed by atoms with E-state index < -0.39 is 57.1 Å². The third-order valence-electron chi connectivity index (χ3n) is 6.49. The van der Waals surface area contributed by atoms with Crippen LogP contribution in [0.25, 0.3) is 41.0 Å². The quantitative estimate of drug-likeness (QED) is 0.0581. The molecule has 0 saturated carbocycles. The lowest BCUT2D eigenvalue weighted by molar-refractivity contribution is -0.138. The van der Waals surface area contributed by atoms with Gasteiger partial charge in [-0.3, -0.25) is 24.4 Å². The molecule has 3 heterocycles. The molecule has 0 saturated heterocycles. The van der Waals surface area contributed by atoms with Crippen LogP contribution in [0, 0.1) is 0 Å². The average Bonchev–Trinajstić information content (AvgIpc) is 3.04. The van der Waals surface area contributed by atoms with Gasteiger partial charge in [-0.1, -0.05) is 0 Å². The van der Waals surface area contributed by atoms with Crippen LogP contribution in [0.5, 0.6) is 0 Å². The molecule has 0 unspecified atom stereocenters. The lowest BCUT2D eigenvalue weighted by atomic mass is 10.1. The summed E-state index contributed by atoms with van der Waals surface area (Å²) >= 11 is 0. The molecule has 9 nitrogen and oxygen atoms in total. The summed E-state index contributed by atoms with van der Waals surface area (Å²) in [6.07, 6.45) is -13.6. The van der Waals surface area contributed by atoms with E-state index in [9.17, 15) is 53.9 Å². The van der Waals surface area contributed by atoms with Gasteiger partial charge in [0.2, 0.25) is 0 Å². The fraction of sp³-hybridized carbons (Fsp3) is 0.273. The summed E-state index contributed by atoms with van der Waals surface area (Å²) in [5, 5.41) is 0. The van der Waals surface area contributed by atoms with Gasteiger partial charge in [-0.25, -0.2) is 4.98 Å². The first-order chi connectivity index (χ1) is 24.0. The number of ether oxygens (including phenoxy) is 3. The van der Waals surface area contributed by atoms with Crippen molar-refractivity contribution in [3.8, 4) is 22.8 Å². The molecule has 272 valence electrons. The summed E-state index contributed by atoms with van der Waals surface area (Å²) in [4.78, 5) is 45.8. The molecule has 0 aliphatic carbocycles. The lowest BCUT2D eigenvalue weighted by Crippen LogP contribution is -2.08. The molecule has 3 rings (SSSR count). The normalized spacial score (nSPS) is 13.1. The maximum absolute atomic E-state index is 13.0. The Bertz CT molecular complexity index is 1660. The Balaban J connectivity index is 2.16. The molecule has 0 N–H and O–H groups in total. The number of carbonyl (C=O) groups is 3. The van der Waals surface area contributed by atoms with Crippen molar-refractivity contribution in [2.24, 2.45) is 0 Å². The Morgan fingerprint density at radius 1 is 0.510 bits per heavy atom. The first kappa shape index (κ1) is 39.9. The van der Waals surface area contributed by atoms with Gasteiger partial charge in [0, 0.05) is 31.7 Å². The molecule has 18 heteroatoms. The van der Waals surface area contributed by atoms with Gasteiger partial charge >= 0.3 is 18.5 Å². The maximum atomic E-state index is 13.0. The molecule has 0 fully saturated rings. The molecule has 0 amide bonds. The number of hydrogen-bond acceptors (Lipinski definition) is 9. The van der Waals surface area contributed by atoms with Crippen LogP contribution in [0.1, 0.15) is 55.2 Å². The van der Waals surface area contributed by atoms with Crippen LogP contribution in [0.2, 0.25) is 0 Å². The van der Waals surface area contributed by atoms with Crippen LogP contribution in [-0.4, -0.2) is 52.9 Å². The predicted molar refractivity (Wildman–Crippen MR) is 162 cm³/mol. The van der Waals surface area contributed by atoms with Crippen molar-refractivity contribution >= 4 is 37.6 Å². The van der Waals surface area contributed by atoms with E-state index in [1.54, 1.807) is 0 Å². The van der Waals surface area contributed by atoms with Crippen molar-refractivity contribution in [3.05, 3.63) is 82.8 Å². The average molecular weight is 732 g/mol. The largest absolute Gasteiger partial charge is 0.433 e. The summed E-state index contributed by atoms with van der Waals surface area (Å²) < 4.78 is 130. The Morgan fingerprint density at radius 3 is 1.14 bits per heavy atom. The molecule has 0 aromatic carbocycles. The standard InChI is InChI=1S/C33H26F9N3O6/c34-31(35,36)6-1-24(49-18-46)11-21-4-9-43-27(14-21)29-16-23(13-26(51-20-48)3-8-33(40,41)42)17-30(45-29)28-15-22(5-10-44-28)12-25(50-19-47)2-7-32(37,38)39/h4-5,9-20H,1-3,6-8H2/b24-11+,25-12+,26-13+. The summed E-state index contributed by atoms with van der Waals surface area (Å²) in [5.74, 6) is -1.000. The number of carbonyl (C=O) groups excluding carboxylic acids is 3. The molecule has 3 aromatic rings. The molecular weight excluding hydrogens is 705 g/mol. The Morgan fingerprint density at radius 2 is 0.824 bits per heavy atom. The molecule has 0 radical (unpaired) electrons. The van der Waals surface area contributed by atoms with Crippen molar-refractivity contribution in [3.63, 3.8) is 0 Å². The van der Waals surface area contributed by atoms with Crippen molar-refractivity contribution < 1.29 is 68.1 Å². The maximum Gasteiger partial charge on any atom is 0.389 e. The number of rotatable bonds is 17. The van der Waals surface area contributed by atoms with Crippen molar-refractivity contribution in [1.82, 2.24) is 15.0 Å². The highest BCUT2D eigenvalue weighted by molar-refractivity contribution is 5.71. The zero-order valence-corrected chi connectivity index (χ0v) is 26.0. The van der Waals surface area contributed by atoms with E-state index in [4.69, 9.17) is 14.2 Å². The highest BCUT2D eigenvalue weighted by Gasteiger charge is 2.29. The van der Waals surface area contributed by atoms with Gasteiger partial charge in [0.15, 0.2) is 0 Å². The minimum atomic E-state index is -4.59. The minimum Gasteiger partial charge on any atom is -0.433 e. The zero-order chi connectivity index (χ0) is 37.7. The second kappa shape index (κ2) is 17.9. The van der Waals surface area contributed by atoms with Crippen molar-refractivity contribution in [2.45, 2.75) is 57.1 Å². The molecule has 0 spiro atoms. The molecule has 3 aromatic heterocycles. The Labute approximate surface area is 283 Å². The zero-order valence-electron chi connectivity index (χ0n) is 26.0. The van der Waals surface area contributed by atoms with E-state index >= 15 is 0 Å². The molecule has 0 aliphatic heterocycles. The lowest BCUT2D eigenvalue weighted by Gasteiger charge is -2.11. The van der Waals surface area contributed by atoms with E-state index in [-0.39, 0.29) is 76.2 Å². The highest BCUT2D eigenvalue weighted by atomic mass is 19.4. The fourth-order valence-electron chi connectivity index (χ4n) is 4.28. The Hall–Kier alpha value is -5.55. The summed E-state index contributed by atoms with van der Waals surface area (Å²) in [7, 11) is 0. The third-order valence-corrected chi connectivity index (χ3v) is 6.49. The van der Waals surface area contributed by atoms with Crippen LogP contribution in [0.4, 0.5) is 39.5 Å². The van der Waals surface area contributed by atoms with E-state index in [0.29, 0.717) is 0 Å². The van der Waals surface area contributed by atoms with E-state index in [1.165, 1.54) is 48.8 Å². The van der Waals surface area contributed by atoms with Gasteiger partial charge in [-0.2, -0.15) is 39.5 Å². The number of alkyl halides is 9. The van der Waals surface area contributed by atoms with Gasteiger partial charge < -0.3 is 14.2 Å². The van der Waals surface area contributed by atoms with Gasteiger partial charge in [-0.15, -0.1) is 0 Å². The van der Waals surface area contributed by atoms with E-state index in [2.05, 4.69) is 15.0 Å². The van der Waals surface area contributed by atoms with E-state index in [1.807, 2.05) is 0 Å². The van der Waals surface area contributed by atoms with Gasteiger partial charge in [0.05, 0.1) is 42.0 Å². The monoisotopic (exact) mass is 731 g/mol. The summed E-state index contributed by atoms with van der Waals surface area (Å²) in [6, 6.07) is 8.21. The molecule has 0 bridgehead atoms. The van der Waals surface area contributed by atoms with Gasteiger partial charge in [0.25, 0.3) is 19.4 Å². The number of nitrogens with zero attached hydrogens (tertiary/aromatic N) is 3. The van der Waals surface area contributed by atoms with Crippen LogP contribution in [0.15, 0.2) is 66.1 Å². The van der Waals surface area contributed by atoms with Crippen molar-refractivity contribution in [2.75, 3.05) is 0 Å². The van der Waals surface area contributed by atoms with Crippen LogP contribution >= 0.6 is 0 Å². The third kappa shape index (κ3) is 14.8. The number of pyridine rings is 3. The second-order valence-corrected chi connectivity index (χ2v) is 10.4. The second-order valence-electron chi connectivity index (χ2n) is 10.4. The van der Waals surface area contributed by atoms with E-state index in [0.717, 1.165) is 18.2 Å². The number of hydrogen-bond donors (Lipinski definition) is 0. The smallest absolute Gasteiger partial charge is 0.389 e.